The van der Waals surface area contributed by atoms with Crippen molar-refractivity contribution in [2.24, 2.45) is 0 Å². The molecule has 0 aliphatic rings. The van der Waals surface area contributed by atoms with Crippen molar-refractivity contribution in [1.29, 1.82) is 0 Å². The van der Waals surface area contributed by atoms with E-state index in [1.165, 1.54) is 24.5 Å². The van der Waals surface area contributed by atoms with E-state index < -0.39 is 11.9 Å². The van der Waals surface area contributed by atoms with Crippen LogP contribution in [-0.2, 0) is 4.79 Å². The summed E-state index contributed by atoms with van der Waals surface area (Å²) in [6, 6.07) is 9.95. The van der Waals surface area contributed by atoms with Crippen LogP contribution in [0.2, 0.25) is 0 Å². The van der Waals surface area contributed by atoms with Crippen molar-refractivity contribution in [1.82, 2.24) is 0 Å². The van der Waals surface area contributed by atoms with Crippen LogP contribution in [0.1, 0.15) is 21.5 Å². The number of carbonyl (C=O) groups is 2. The van der Waals surface area contributed by atoms with Gasteiger partial charge in [-0.1, -0.05) is 11.6 Å². The fraction of sp³-hybridized carbons (Fsp3) is 0.0500. The predicted molar refractivity (Wildman–Crippen MR) is 111 cm³/mol. The molecule has 2 N–H and O–H groups in total. The molecule has 0 saturated heterocycles. The quantitative estimate of drug-likeness (QED) is 0.439. The average molecular weight is 475 g/mol. The number of hydrogen-bond acceptors (Lipinski definition) is 4. The maximum Gasteiger partial charge on any atom is 0.337 e. The summed E-state index contributed by atoms with van der Waals surface area (Å²) in [4.78, 5) is 36.0. The zero-order chi connectivity index (χ0) is 19.6. The van der Waals surface area contributed by atoms with Crippen molar-refractivity contribution in [2.45, 2.75) is 6.92 Å². The molecule has 0 saturated carbocycles. The van der Waals surface area contributed by atoms with Crippen LogP contribution in [0.4, 0.5) is 5.69 Å². The second-order valence-electron chi connectivity index (χ2n) is 5.84. The van der Waals surface area contributed by atoms with Crippen molar-refractivity contribution < 1.29 is 19.1 Å². The Morgan fingerprint density at radius 2 is 1.96 bits per heavy atom. The molecule has 2 aromatic carbocycles. The van der Waals surface area contributed by atoms with Crippen LogP contribution in [0.3, 0.4) is 0 Å². The molecule has 0 bridgehead atoms. The van der Waals surface area contributed by atoms with E-state index in [0.717, 1.165) is 15.2 Å². The van der Waals surface area contributed by atoms with Gasteiger partial charge in [0.2, 0.25) is 5.91 Å². The molecule has 7 heteroatoms. The van der Waals surface area contributed by atoms with Crippen LogP contribution in [-0.4, -0.2) is 17.0 Å². The fourth-order valence-electron chi connectivity index (χ4n) is 2.52. The fourth-order valence-corrected chi connectivity index (χ4v) is 3.01. The van der Waals surface area contributed by atoms with Crippen LogP contribution in [0.15, 0.2) is 57.9 Å². The Balaban J connectivity index is 1.86. The minimum absolute atomic E-state index is 0.00987. The van der Waals surface area contributed by atoms with Gasteiger partial charge in [-0.25, -0.2) is 4.79 Å². The van der Waals surface area contributed by atoms with E-state index in [1.54, 1.807) is 18.2 Å². The van der Waals surface area contributed by atoms with Gasteiger partial charge in [-0.05, 0) is 65.9 Å². The predicted octanol–water partition coefficient (Wildman–Crippen LogP) is 4.06. The molecule has 1 heterocycles. The van der Waals surface area contributed by atoms with E-state index in [9.17, 15) is 19.5 Å². The summed E-state index contributed by atoms with van der Waals surface area (Å²) >= 11 is 1.99. The number of carboxylic acids is 1. The number of rotatable bonds is 4. The van der Waals surface area contributed by atoms with Crippen LogP contribution in [0.5, 0.6) is 0 Å². The zero-order valence-corrected chi connectivity index (χ0v) is 16.3. The first-order valence-electron chi connectivity index (χ1n) is 7.89. The Hall–Kier alpha value is -2.94. The Kier molecular flexibility index (Phi) is 5.41. The number of carbonyl (C=O) groups excluding carboxylic acids is 1. The largest absolute Gasteiger partial charge is 0.478 e. The van der Waals surface area contributed by atoms with E-state index >= 15 is 0 Å². The molecule has 0 fully saturated rings. The lowest BCUT2D eigenvalue weighted by molar-refractivity contribution is -0.111. The van der Waals surface area contributed by atoms with Gasteiger partial charge in [-0.2, -0.15) is 0 Å². The lowest BCUT2D eigenvalue weighted by Gasteiger charge is -2.07. The Labute approximate surface area is 167 Å². The maximum atomic E-state index is 12.5. The van der Waals surface area contributed by atoms with E-state index in [2.05, 4.69) is 5.32 Å². The average Bonchev–Trinajstić information content (AvgIpc) is 2.63. The van der Waals surface area contributed by atoms with Crippen LogP contribution in [0, 0.1) is 10.5 Å². The van der Waals surface area contributed by atoms with E-state index in [4.69, 9.17) is 4.42 Å². The summed E-state index contributed by atoms with van der Waals surface area (Å²) in [5.74, 6) is -1.69. The molecule has 0 atom stereocenters. The lowest BCUT2D eigenvalue weighted by Crippen LogP contribution is -2.12. The first kappa shape index (κ1) is 18.8. The van der Waals surface area contributed by atoms with Crippen molar-refractivity contribution in [3.05, 3.63) is 79.2 Å². The SMILES string of the molecule is Cc1ccc2occ(/C=C/C(=O)Nc3ccc(I)cc3C(=O)O)c(=O)c2c1. The maximum absolute atomic E-state index is 12.5. The highest BCUT2D eigenvalue weighted by atomic mass is 127. The molecular weight excluding hydrogens is 461 g/mol. The summed E-state index contributed by atoms with van der Waals surface area (Å²) in [6.45, 7) is 1.87. The van der Waals surface area contributed by atoms with Crippen molar-refractivity contribution in [3.63, 3.8) is 0 Å². The number of halogens is 1. The van der Waals surface area contributed by atoms with Crippen LogP contribution >= 0.6 is 22.6 Å². The van der Waals surface area contributed by atoms with Gasteiger partial charge in [0.05, 0.1) is 22.2 Å². The lowest BCUT2D eigenvalue weighted by atomic mass is 10.1. The molecule has 6 nitrogen and oxygen atoms in total. The summed E-state index contributed by atoms with van der Waals surface area (Å²) in [7, 11) is 0. The van der Waals surface area contributed by atoms with Crippen molar-refractivity contribution >= 4 is 57.2 Å². The molecule has 0 aliphatic carbocycles. The summed E-state index contributed by atoms with van der Waals surface area (Å²) in [6.07, 6.45) is 3.80. The minimum Gasteiger partial charge on any atom is -0.478 e. The molecule has 3 aromatic rings. The molecule has 27 heavy (non-hydrogen) atoms. The summed E-state index contributed by atoms with van der Waals surface area (Å²) in [5, 5.41) is 12.2. The number of nitrogens with one attached hydrogen (secondary N) is 1. The number of carboxylic acid groups (broad SMARTS) is 1. The highest BCUT2D eigenvalue weighted by Gasteiger charge is 2.12. The second kappa shape index (κ2) is 7.75. The Bertz CT molecular complexity index is 1150. The van der Waals surface area contributed by atoms with Gasteiger partial charge >= 0.3 is 5.97 Å². The smallest absolute Gasteiger partial charge is 0.337 e. The molecule has 3 rings (SSSR count). The van der Waals surface area contributed by atoms with Gasteiger partial charge in [-0.15, -0.1) is 0 Å². The molecule has 1 aromatic heterocycles. The number of fused-ring (bicyclic) bond motifs is 1. The number of hydrogen-bond donors (Lipinski definition) is 2. The minimum atomic E-state index is -1.14. The highest BCUT2D eigenvalue weighted by molar-refractivity contribution is 14.1. The molecule has 0 radical (unpaired) electrons. The van der Waals surface area contributed by atoms with E-state index in [0.29, 0.717) is 11.0 Å². The third-order valence-corrected chi connectivity index (χ3v) is 4.51. The van der Waals surface area contributed by atoms with Crippen LogP contribution < -0.4 is 10.7 Å². The first-order chi connectivity index (χ1) is 12.8. The molecular formula is C20H14INO5. The first-order valence-corrected chi connectivity index (χ1v) is 8.97. The number of aryl methyl sites for hydroxylation is 1. The molecule has 0 spiro atoms. The Morgan fingerprint density at radius 1 is 1.19 bits per heavy atom. The number of amides is 1. The third kappa shape index (κ3) is 4.25. The van der Waals surface area contributed by atoms with Gasteiger partial charge in [0.1, 0.15) is 11.8 Å². The number of aromatic carboxylic acids is 1. The van der Waals surface area contributed by atoms with Crippen molar-refractivity contribution in [3.8, 4) is 0 Å². The van der Waals surface area contributed by atoms with Gasteiger partial charge in [0.15, 0.2) is 5.43 Å². The van der Waals surface area contributed by atoms with Gasteiger partial charge in [0, 0.05) is 9.65 Å². The monoisotopic (exact) mass is 475 g/mol. The van der Waals surface area contributed by atoms with Gasteiger partial charge < -0.3 is 14.8 Å². The van der Waals surface area contributed by atoms with Gasteiger partial charge in [-0.3, -0.25) is 9.59 Å². The molecule has 136 valence electrons. The highest BCUT2D eigenvalue weighted by Crippen LogP contribution is 2.19. The number of anilines is 1. The zero-order valence-electron chi connectivity index (χ0n) is 14.2. The summed E-state index contributed by atoms with van der Waals surface area (Å²) < 4.78 is 6.17. The van der Waals surface area contributed by atoms with Gasteiger partial charge in [0.25, 0.3) is 0 Å². The molecule has 1 amide bonds. The second-order valence-corrected chi connectivity index (χ2v) is 7.08. The topological polar surface area (TPSA) is 96.6 Å². The van der Waals surface area contributed by atoms with Crippen molar-refractivity contribution in [2.75, 3.05) is 5.32 Å². The number of benzene rings is 2. The summed E-state index contributed by atoms with van der Waals surface area (Å²) in [5.41, 5.74) is 1.54. The normalized spacial score (nSPS) is 11.0. The van der Waals surface area contributed by atoms with E-state index in [-0.39, 0.29) is 22.2 Å². The van der Waals surface area contributed by atoms with Crippen LogP contribution in [0.25, 0.3) is 17.0 Å². The van der Waals surface area contributed by atoms with E-state index in [1.807, 2.05) is 35.6 Å². The third-order valence-electron chi connectivity index (χ3n) is 3.84. The molecule has 0 aliphatic heterocycles. The Morgan fingerprint density at radius 3 is 2.70 bits per heavy atom. The molecule has 0 unspecified atom stereocenters. The standard InChI is InChI=1S/C20H14INO5/c1-11-2-6-17-15(8-11)19(24)12(10-27-17)3-7-18(23)22-16-5-4-13(21)9-14(16)20(25)26/h2-10H,1H3,(H,22,23)(H,25,26)/b7-3+.